The summed E-state index contributed by atoms with van der Waals surface area (Å²) in [6, 6.07) is 18.9. The molecular formula is C24H22N4O2. The smallest absolute Gasteiger partial charge is 0.147 e. The van der Waals surface area contributed by atoms with Gasteiger partial charge in [0.15, 0.2) is 0 Å². The van der Waals surface area contributed by atoms with E-state index in [2.05, 4.69) is 11.1 Å². The lowest BCUT2D eigenvalue weighted by Gasteiger charge is -2.11. The Hall–Kier alpha value is -3.98. The highest BCUT2D eigenvalue weighted by atomic mass is 16.5. The highest BCUT2D eigenvalue weighted by Gasteiger charge is 2.11. The molecule has 0 saturated heterocycles. The molecule has 30 heavy (non-hydrogen) atoms. The maximum absolute atomic E-state index is 9.02. The minimum atomic E-state index is 0.298. The zero-order valence-corrected chi connectivity index (χ0v) is 17.1. The second kappa shape index (κ2) is 7.80. The number of nitrogen functional groups attached to an aromatic ring is 1. The van der Waals surface area contributed by atoms with Crippen LogP contribution in [0.4, 0.5) is 5.69 Å². The minimum Gasteiger partial charge on any atom is -0.486 e. The van der Waals surface area contributed by atoms with Crippen molar-refractivity contribution in [3.63, 3.8) is 0 Å². The molecule has 6 nitrogen and oxygen atoms in total. The van der Waals surface area contributed by atoms with Gasteiger partial charge in [0.25, 0.3) is 0 Å². The number of hydrogen-bond donors (Lipinski definition) is 1. The Balaban J connectivity index is 1.56. The van der Waals surface area contributed by atoms with Gasteiger partial charge in [-0.1, -0.05) is 6.07 Å². The van der Waals surface area contributed by atoms with Gasteiger partial charge >= 0.3 is 0 Å². The topological polar surface area (TPSA) is 86.1 Å². The van der Waals surface area contributed by atoms with E-state index in [0.29, 0.717) is 17.9 Å². The van der Waals surface area contributed by atoms with E-state index in [1.54, 1.807) is 18.2 Å². The largest absolute Gasteiger partial charge is 0.486 e. The molecule has 0 spiro atoms. The molecule has 0 aliphatic carbocycles. The standard InChI is InChI=1S/C24H22N4O2/c1-15-9-20(10-16(2)24(15)26)30-19-7-8-21-22(12-19)28(3)23(27-21)14-29-18-6-4-5-17(11-18)13-25/h4-12H,14,26H2,1-3H3. The number of anilines is 1. The predicted octanol–water partition coefficient (Wildman–Crippen LogP) is 5.02. The summed E-state index contributed by atoms with van der Waals surface area (Å²) in [5, 5.41) is 9.02. The fourth-order valence-electron chi connectivity index (χ4n) is 3.35. The van der Waals surface area contributed by atoms with E-state index >= 15 is 0 Å². The summed E-state index contributed by atoms with van der Waals surface area (Å²) in [5.41, 5.74) is 11.2. The second-order valence-electron chi connectivity index (χ2n) is 7.24. The Morgan fingerprint density at radius 3 is 2.50 bits per heavy atom. The summed E-state index contributed by atoms with van der Waals surface area (Å²) >= 11 is 0. The average molecular weight is 398 g/mol. The summed E-state index contributed by atoms with van der Waals surface area (Å²) in [5.74, 6) is 2.90. The zero-order valence-electron chi connectivity index (χ0n) is 17.1. The van der Waals surface area contributed by atoms with Crippen LogP contribution in [0.5, 0.6) is 17.2 Å². The molecule has 0 radical (unpaired) electrons. The van der Waals surface area contributed by atoms with Crippen LogP contribution < -0.4 is 15.2 Å². The Morgan fingerprint density at radius 2 is 1.77 bits per heavy atom. The van der Waals surface area contributed by atoms with Crippen molar-refractivity contribution in [3.05, 3.63) is 77.1 Å². The molecule has 0 saturated carbocycles. The lowest BCUT2D eigenvalue weighted by Crippen LogP contribution is -2.03. The van der Waals surface area contributed by atoms with Crippen LogP contribution in [-0.2, 0) is 13.7 Å². The molecule has 1 aromatic heterocycles. The van der Waals surface area contributed by atoms with E-state index in [1.807, 2.05) is 61.9 Å². The molecule has 1 heterocycles. The van der Waals surface area contributed by atoms with Gasteiger partial charge in [0.05, 0.1) is 22.7 Å². The molecule has 150 valence electrons. The molecule has 6 heteroatoms. The van der Waals surface area contributed by atoms with Crippen LogP contribution in [0.2, 0.25) is 0 Å². The van der Waals surface area contributed by atoms with Gasteiger partial charge in [-0.15, -0.1) is 0 Å². The first-order chi connectivity index (χ1) is 14.4. The Labute approximate surface area is 175 Å². The van der Waals surface area contributed by atoms with Crippen molar-refractivity contribution >= 4 is 16.7 Å². The molecule has 4 rings (SSSR count). The number of nitriles is 1. The van der Waals surface area contributed by atoms with Crippen molar-refractivity contribution in [3.8, 4) is 23.3 Å². The van der Waals surface area contributed by atoms with Gasteiger partial charge in [0.1, 0.15) is 29.7 Å². The number of nitrogens with two attached hydrogens (primary N) is 1. The molecule has 0 bridgehead atoms. The van der Waals surface area contributed by atoms with Crippen molar-refractivity contribution in [1.29, 1.82) is 5.26 Å². The third-order valence-electron chi connectivity index (χ3n) is 5.08. The summed E-state index contributed by atoms with van der Waals surface area (Å²) < 4.78 is 13.9. The number of ether oxygens (including phenoxy) is 2. The van der Waals surface area contributed by atoms with Gasteiger partial charge < -0.3 is 19.8 Å². The number of hydrogen-bond acceptors (Lipinski definition) is 5. The maximum atomic E-state index is 9.02. The monoisotopic (exact) mass is 398 g/mol. The molecule has 4 aromatic rings. The quantitative estimate of drug-likeness (QED) is 0.477. The molecule has 0 aliphatic rings. The molecule has 3 aromatic carbocycles. The van der Waals surface area contributed by atoms with Crippen molar-refractivity contribution in [2.75, 3.05) is 5.73 Å². The van der Waals surface area contributed by atoms with Crippen LogP contribution in [0.25, 0.3) is 11.0 Å². The van der Waals surface area contributed by atoms with Gasteiger partial charge in [0.2, 0.25) is 0 Å². The Bertz CT molecular complexity index is 1260. The summed E-state index contributed by atoms with van der Waals surface area (Å²) in [7, 11) is 1.95. The number of nitrogens with zero attached hydrogens (tertiary/aromatic N) is 3. The van der Waals surface area contributed by atoms with E-state index in [-0.39, 0.29) is 0 Å². The second-order valence-corrected chi connectivity index (χ2v) is 7.24. The van der Waals surface area contributed by atoms with E-state index in [9.17, 15) is 0 Å². The number of benzene rings is 3. The molecule has 0 aliphatic heterocycles. The molecule has 0 fully saturated rings. The van der Waals surface area contributed by atoms with Gasteiger partial charge in [-0.2, -0.15) is 5.26 Å². The van der Waals surface area contributed by atoms with Gasteiger partial charge in [-0.25, -0.2) is 4.98 Å². The van der Waals surface area contributed by atoms with E-state index in [0.717, 1.165) is 45.2 Å². The van der Waals surface area contributed by atoms with Crippen LogP contribution in [0, 0.1) is 25.2 Å². The van der Waals surface area contributed by atoms with Gasteiger partial charge in [-0.3, -0.25) is 0 Å². The molecule has 0 amide bonds. The van der Waals surface area contributed by atoms with E-state index in [1.165, 1.54) is 0 Å². The third-order valence-corrected chi connectivity index (χ3v) is 5.08. The fourth-order valence-corrected chi connectivity index (χ4v) is 3.35. The molecule has 0 atom stereocenters. The highest BCUT2D eigenvalue weighted by Crippen LogP contribution is 2.30. The number of aryl methyl sites for hydroxylation is 3. The summed E-state index contributed by atoms with van der Waals surface area (Å²) in [6.07, 6.45) is 0. The van der Waals surface area contributed by atoms with Crippen LogP contribution in [0.3, 0.4) is 0 Å². The maximum Gasteiger partial charge on any atom is 0.147 e. The fraction of sp³-hybridized carbons (Fsp3) is 0.167. The van der Waals surface area contributed by atoms with Crippen LogP contribution >= 0.6 is 0 Å². The lowest BCUT2D eigenvalue weighted by molar-refractivity contribution is 0.292. The third kappa shape index (κ3) is 3.78. The first kappa shape index (κ1) is 19.3. The SMILES string of the molecule is Cc1cc(Oc2ccc3nc(COc4cccc(C#N)c4)n(C)c3c2)cc(C)c1N. The minimum absolute atomic E-state index is 0.298. The molecular weight excluding hydrogens is 376 g/mol. The van der Waals surface area contributed by atoms with Crippen LogP contribution in [0.1, 0.15) is 22.5 Å². The van der Waals surface area contributed by atoms with Crippen molar-refractivity contribution < 1.29 is 9.47 Å². The summed E-state index contributed by atoms with van der Waals surface area (Å²) in [4.78, 5) is 4.66. The van der Waals surface area contributed by atoms with Crippen LogP contribution in [-0.4, -0.2) is 9.55 Å². The van der Waals surface area contributed by atoms with E-state index < -0.39 is 0 Å². The van der Waals surface area contributed by atoms with Crippen LogP contribution in [0.15, 0.2) is 54.6 Å². The van der Waals surface area contributed by atoms with E-state index in [4.69, 9.17) is 20.5 Å². The van der Waals surface area contributed by atoms with Gasteiger partial charge in [-0.05, 0) is 67.4 Å². The molecule has 0 unspecified atom stereocenters. The number of imidazole rings is 1. The van der Waals surface area contributed by atoms with Crippen molar-refractivity contribution in [1.82, 2.24) is 9.55 Å². The number of aromatic nitrogens is 2. The number of rotatable bonds is 5. The Morgan fingerprint density at radius 1 is 1.00 bits per heavy atom. The molecule has 2 N–H and O–H groups in total. The first-order valence-corrected chi connectivity index (χ1v) is 9.57. The van der Waals surface area contributed by atoms with Crippen molar-refractivity contribution in [2.24, 2.45) is 7.05 Å². The first-order valence-electron chi connectivity index (χ1n) is 9.57. The number of fused-ring (bicyclic) bond motifs is 1. The van der Waals surface area contributed by atoms with Gasteiger partial charge in [0, 0.05) is 18.8 Å². The average Bonchev–Trinajstić information content (AvgIpc) is 3.06. The predicted molar refractivity (Wildman–Crippen MR) is 117 cm³/mol. The normalized spacial score (nSPS) is 10.7. The van der Waals surface area contributed by atoms with Crippen molar-refractivity contribution in [2.45, 2.75) is 20.5 Å². The Kier molecular flexibility index (Phi) is 5.03. The summed E-state index contributed by atoms with van der Waals surface area (Å²) in [6.45, 7) is 4.24. The highest BCUT2D eigenvalue weighted by molar-refractivity contribution is 5.78. The zero-order chi connectivity index (χ0) is 21.3. The lowest BCUT2D eigenvalue weighted by atomic mass is 10.1.